The minimum atomic E-state index is -4.55. The Kier molecular flexibility index (Phi) is 7.08. The number of amides is 1. The lowest BCUT2D eigenvalue weighted by molar-refractivity contribution is -0.137. The molecule has 14 heteroatoms. The van der Waals surface area contributed by atoms with Gasteiger partial charge in [-0.25, -0.2) is 10.1 Å². The molecule has 0 fully saturated rings. The van der Waals surface area contributed by atoms with Crippen LogP contribution in [0.25, 0.3) is 0 Å². The number of thiophene rings is 1. The molecule has 0 aliphatic rings. The quantitative estimate of drug-likeness (QED) is 0.198. The normalized spacial score (nSPS) is 12.1. The second-order valence-corrected chi connectivity index (χ2v) is 8.29. The summed E-state index contributed by atoms with van der Waals surface area (Å²) in [5.74, 6) is 5.29. The van der Waals surface area contributed by atoms with E-state index in [9.17, 15) is 18.0 Å². The van der Waals surface area contributed by atoms with Crippen molar-refractivity contribution in [2.24, 2.45) is 5.10 Å². The summed E-state index contributed by atoms with van der Waals surface area (Å²) in [6.45, 7) is 1.81. The molecule has 0 radical (unpaired) electrons. The summed E-state index contributed by atoms with van der Waals surface area (Å²) in [6, 6.07) is 6.49. The van der Waals surface area contributed by atoms with E-state index in [1.54, 1.807) is 0 Å². The van der Waals surface area contributed by atoms with E-state index in [0.29, 0.717) is 0 Å². The summed E-state index contributed by atoms with van der Waals surface area (Å²) in [5, 5.41) is 16.4. The van der Waals surface area contributed by atoms with Gasteiger partial charge in [0.2, 0.25) is 11.1 Å². The van der Waals surface area contributed by atoms with Gasteiger partial charge in [0.05, 0.1) is 27.7 Å². The average molecular weight is 490 g/mol. The first kappa shape index (κ1) is 22.9. The summed E-state index contributed by atoms with van der Waals surface area (Å²) >= 11 is 8.35. The molecule has 0 saturated heterocycles. The first-order chi connectivity index (χ1) is 14.6. The summed E-state index contributed by atoms with van der Waals surface area (Å²) < 4.78 is 39.6. The zero-order valence-corrected chi connectivity index (χ0v) is 18.2. The van der Waals surface area contributed by atoms with Gasteiger partial charge in [-0.15, -0.1) is 21.5 Å². The van der Waals surface area contributed by atoms with Gasteiger partial charge in [0.1, 0.15) is 0 Å². The van der Waals surface area contributed by atoms with E-state index in [-0.39, 0.29) is 27.6 Å². The molecule has 0 aliphatic carbocycles. The number of nitrogens with zero attached hydrogens (tertiary/aromatic N) is 4. The Morgan fingerprint density at radius 2 is 2.13 bits per heavy atom. The zero-order chi connectivity index (χ0) is 22.6. The highest BCUT2D eigenvalue weighted by atomic mass is 35.5. The van der Waals surface area contributed by atoms with Crippen molar-refractivity contribution in [3.05, 3.63) is 51.2 Å². The van der Waals surface area contributed by atoms with Crippen molar-refractivity contribution in [3.8, 4) is 0 Å². The second-order valence-electron chi connectivity index (χ2n) is 5.99. The Labute approximate surface area is 187 Å². The molecule has 1 aromatic carbocycles. The van der Waals surface area contributed by atoms with Crippen LogP contribution in [0.2, 0.25) is 5.02 Å². The lowest BCUT2D eigenvalue weighted by Crippen LogP contribution is -2.17. The fraction of sp³-hybridized carbons (Fsp3) is 0.176. The third-order valence-corrected chi connectivity index (χ3v) is 6.02. The number of nitrogen functional groups attached to an aromatic ring is 1. The van der Waals surface area contributed by atoms with Gasteiger partial charge >= 0.3 is 6.18 Å². The maximum Gasteiger partial charge on any atom is 0.416 e. The van der Waals surface area contributed by atoms with Gasteiger partial charge in [0.25, 0.3) is 5.95 Å². The molecule has 31 heavy (non-hydrogen) atoms. The molecule has 0 bridgehead atoms. The predicted octanol–water partition coefficient (Wildman–Crippen LogP) is 4.29. The van der Waals surface area contributed by atoms with Crippen molar-refractivity contribution >= 4 is 58.0 Å². The number of aromatic nitrogens is 3. The minimum Gasteiger partial charge on any atom is -0.334 e. The lowest BCUT2D eigenvalue weighted by atomic mass is 10.2. The van der Waals surface area contributed by atoms with Crippen LogP contribution in [0.3, 0.4) is 0 Å². The van der Waals surface area contributed by atoms with Crippen LogP contribution in [-0.4, -0.2) is 32.2 Å². The zero-order valence-electron chi connectivity index (χ0n) is 15.8. The van der Waals surface area contributed by atoms with Crippen LogP contribution in [0.15, 0.2) is 46.0 Å². The van der Waals surface area contributed by atoms with Gasteiger partial charge in [-0.3, -0.25) is 4.79 Å². The number of nitrogens with one attached hydrogen (secondary N) is 2. The van der Waals surface area contributed by atoms with Crippen molar-refractivity contribution in [2.45, 2.75) is 18.3 Å². The summed E-state index contributed by atoms with van der Waals surface area (Å²) in [6.07, 6.45) is -4.55. The molecule has 3 rings (SSSR count). The Morgan fingerprint density at radius 1 is 1.35 bits per heavy atom. The topological polar surface area (TPSA) is 110 Å². The number of hydrogen-bond donors (Lipinski definition) is 3. The van der Waals surface area contributed by atoms with Crippen molar-refractivity contribution in [2.75, 3.05) is 22.3 Å². The van der Waals surface area contributed by atoms with Crippen molar-refractivity contribution in [1.29, 1.82) is 0 Å². The monoisotopic (exact) mass is 489 g/mol. The number of carbonyl (C=O) groups excluding carboxylic acids is 1. The number of benzene rings is 1. The Bertz CT molecular complexity index is 1100. The van der Waals surface area contributed by atoms with E-state index >= 15 is 0 Å². The van der Waals surface area contributed by atoms with Gasteiger partial charge < -0.3 is 11.2 Å². The molecule has 2 heterocycles. The highest BCUT2D eigenvalue weighted by Crippen LogP contribution is 2.34. The first-order valence-electron chi connectivity index (χ1n) is 8.49. The minimum absolute atomic E-state index is 0.0150. The number of anilines is 2. The number of hydrogen-bond acceptors (Lipinski definition) is 8. The van der Waals surface area contributed by atoms with Gasteiger partial charge in [-0.05, 0) is 36.6 Å². The largest absolute Gasteiger partial charge is 0.416 e. The highest BCUT2D eigenvalue weighted by molar-refractivity contribution is 7.99. The van der Waals surface area contributed by atoms with Crippen LogP contribution in [0.1, 0.15) is 17.4 Å². The van der Waals surface area contributed by atoms with Crippen LogP contribution < -0.4 is 16.6 Å². The number of hydrazone groups is 1. The SMILES string of the molecule is C/C(=N\Nc1nnc(SCC(=O)Nc2cc(C(F)(F)F)ccc2Cl)n1N)c1cccs1. The number of nitrogens with two attached hydrogens (primary N) is 1. The van der Waals surface area contributed by atoms with Gasteiger partial charge in [-0.1, -0.05) is 29.4 Å². The Hall–Kier alpha value is -2.77. The smallest absolute Gasteiger partial charge is 0.334 e. The molecule has 3 aromatic rings. The average Bonchev–Trinajstić information content (AvgIpc) is 3.36. The number of halogens is 4. The van der Waals surface area contributed by atoms with Crippen molar-refractivity contribution in [3.63, 3.8) is 0 Å². The van der Waals surface area contributed by atoms with E-state index in [1.807, 2.05) is 24.4 Å². The van der Waals surface area contributed by atoms with E-state index in [2.05, 4.69) is 26.0 Å². The number of thioether (sulfide) groups is 1. The Balaban J connectivity index is 1.59. The Morgan fingerprint density at radius 3 is 2.81 bits per heavy atom. The maximum absolute atomic E-state index is 12.8. The molecule has 0 saturated carbocycles. The molecular weight excluding hydrogens is 475 g/mol. The van der Waals surface area contributed by atoms with E-state index < -0.39 is 17.6 Å². The van der Waals surface area contributed by atoms with Gasteiger partial charge in [0.15, 0.2) is 0 Å². The van der Waals surface area contributed by atoms with Crippen LogP contribution in [0.4, 0.5) is 24.8 Å². The molecule has 0 unspecified atom stereocenters. The van der Waals surface area contributed by atoms with E-state index in [1.165, 1.54) is 11.3 Å². The molecule has 0 atom stereocenters. The number of alkyl halides is 3. The van der Waals surface area contributed by atoms with E-state index in [4.69, 9.17) is 17.4 Å². The first-order valence-corrected chi connectivity index (χ1v) is 10.7. The summed E-state index contributed by atoms with van der Waals surface area (Å²) in [5.41, 5.74) is 2.36. The molecular formula is C17H15ClF3N7OS2. The molecule has 164 valence electrons. The third-order valence-electron chi connectivity index (χ3n) is 3.77. The standard InChI is InChI=1S/C17H15ClF3N7OS2/c1-9(13-3-2-6-30-13)24-25-15-26-27-16(28(15)22)31-8-14(29)23-12-7-10(17(19,20)21)4-5-11(12)18/h2-7H,8,22H2,1H3,(H,23,29)(H,25,26)/b24-9+. The van der Waals surface area contributed by atoms with Crippen LogP contribution in [-0.2, 0) is 11.0 Å². The second kappa shape index (κ2) is 9.58. The van der Waals surface area contributed by atoms with Gasteiger partial charge in [0, 0.05) is 4.88 Å². The molecule has 0 spiro atoms. The summed E-state index contributed by atoms with van der Waals surface area (Å²) in [4.78, 5) is 13.1. The lowest BCUT2D eigenvalue weighted by Gasteiger charge is -2.11. The van der Waals surface area contributed by atoms with E-state index in [0.717, 1.165) is 45.2 Å². The van der Waals surface area contributed by atoms with Crippen molar-refractivity contribution in [1.82, 2.24) is 14.9 Å². The van der Waals surface area contributed by atoms with Crippen LogP contribution >= 0.6 is 34.7 Å². The predicted molar refractivity (Wildman–Crippen MR) is 116 cm³/mol. The maximum atomic E-state index is 12.8. The van der Waals surface area contributed by atoms with Crippen molar-refractivity contribution < 1.29 is 18.0 Å². The summed E-state index contributed by atoms with van der Waals surface area (Å²) in [7, 11) is 0. The highest BCUT2D eigenvalue weighted by Gasteiger charge is 2.31. The van der Waals surface area contributed by atoms with Gasteiger partial charge in [-0.2, -0.15) is 18.3 Å². The number of carbonyl (C=O) groups is 1. The molecule has 4 N–H and O–H groups in total. The fourth-order valence-electron chi connectivity index (χ4n) is 2.24. The van der Waals surface area contributed by atoms with Crippen LogP contribution in [0, 0.1) is 0 Å². The molecule has 0 aliphatic heterocycles. The fourth-order valence-corrected chi connectivity index (χ4v) is 3.74. The third kappa shape index (κ3) is 5.89. The molecule has 8 nitrogen and oxygen atoms in total. The molecule has 2 aromatic heterocycles. The van der Waals surface area contributed by atoms with Crippen LogP contribution in [0.5, 0.6) is 0 Å². The molecule has 1 amide bonds. The number of rotatable bonds is 7.